The second kappa shape index (κ2) is 7.87. The Balaban J connectivity index is 1.47. The average Bonchev–Trinajstić information content (AvgIpc) is 3.17. The lowest BCUT2D eigenvalue weighted by atomic mass is 9.54. The monoisotopic (exact) mass is 593 g/mol. The molecule has 0 spiro atoms. The molecule has 7 rings (SSSR count). The Labute approximate surface area is 219 Å². The molecule has 3 aliphatic carbocycles. The molecule has 1 saturated heterocycles. The topological polar surface area (TPSA) is 63.7 Å². The van der Waals surface area contributed by atoms with Gasteiger partial charge in [-0.3, -0.25) is 9.59 Å². The quantitative estimate of drug-likeness (QED) is 0.222. The van der Waals surface area contributed by atoms with E-state index in [9.17, 15) is 14.4 Å². The van der Waals surface area contributed by atoms with Crippen molar-refractivity contribution in [3.05, 3.63) is 101 Å². The highest BCUT2D eigenvalue weighted by atomic mass is 79.9. The molecule has 5 nitrogen and oxygen atoms in total. The number of anilines is 1. The Hall–Kier alpha value is -2.77. The zero-order chi connectivity index (χ0) is 24.5. The molecule has 3 aromatic carbocycles. The van der Waals surface area contributed by atoms with Gasteiger partial charge in [0.15, 0.2) is 0 Å². The minimum atomic E-state index is -0.828. The average molecular weight is 595 g/mol. The van der Waals surface area contributed by atoms with Gasteiger partial charge in [0.05, 0.1) is 38.3 Å². The van der Waals surface area contributed by atoms with E-state index in [0.29, 0.717) is 17.9 Å². The Morgan fingerprint density at radius 2 is 1.23 bits per heavy atom. The van der Waals surface area contributed by atoms with Crippen LogP contribution in [0, 0.1) is 11.8 Å². The number of ether oxygens (including phenoxy) is 1. The Morgan fingerprint density at radius 1 is 0.800 bits per heavy atom. The summed E-state index contributed by atoms with van der Waals surface area (Å²) < 4.78 is 3.54. The predicted octanol–water partition coefficient (Wildman–Crippen LogP) is 5.66. The van der Waals surface area contributed by atoms with Gasteiger partial charge in [-0.1, -0.05) is 87.3 Å². The fourth-order valence-corrected chi connectivity index (χ4v) is 8.25. The molecule has 2 amide bonds. The molecular formula is C28H21Br2NO4. The molecule has 176 valence electrons. The number of rotatable bonds is 4. The van der Waals surface area contributed by atoms with E-state index in [1.807, 2.05) is 55.5 Å². The summed E-state index contributed by atoms with van der Waals surface area (Å²) in [5.41, 5.74) is 4.80. The van der Waals surface area contributed by atoms with Crippen LogP contribution in [0.1, 0.15) is 46.0 Å². The molecule has 0 aromatic heterocycles. The summed E-state index contributed by atoms with van der Waals surface area (Å²) in [6, 6.07) is 22.5. The molecule has 2 bridgehead atoms. The molecule has 0 N–H and O–H groups in total. The van der Waals surface area contributed by atoms with Gasteiger partial charge in [0.25, 0.3) is 0 Å². The first-order chi connectivity index (χ1) is 16.8. The number of alkyl halides is 2. The van der Waals surface area contributed by atoms with Crippen LogP contribution in [0.2, 0.25) is 0 Å². The first-order valence-corrected chi connectivity index (χ1v) is 13.2. The zero-order valence-electron chi connectivity index (χ0n) is 18.8. The summed E-state index contributed by atoms with van der Waals surface area (Å²) in [6.45, 7) is 2.27. The van der Waals surface area contributed by atoms with E-state index < -0.39 is 26.5 Å². The summed E-state index contributed by atoms with van der Waals surface area (Å²) in [6.07, 6.45) is 0.733. The Bertz CT molecular complexity index is 1280. The second-order valence-electron chi connectivity index (χ2n) is 9.16. The third-order valence-electron chi connectivity index (χ3n) is 7.38. The fraction of sp³-hybridized carbons (Fsp3) is 0.250. The van der Waals surface area contributed by atoms with Gasteiger partial charge in [-0.25, -0.2) is 9.69 Å². The number of carbonyl (C=O) groups is 3. The molecule has 1 heterocycles. The summed E-state index contributed by atoms with van der Waals surface area (Å²) >= 11 is 8.00. The molecule has 3 aromatic rings. The number of benzene rings is 3. The van der Waals surface area contributed by atoms with E-state index in [2.05, 4.69) is 31.9 Å². The molecule has 1 fully saturated rings. The normalized spacial score (nSPS) is 27.9. The van der Waals surface area contributed by atoms with Gasteiger partial charge in [-0.05, 0) is 52.9 Å². The number of esters is 1. The number of imide groups is 1. The standard InChI is InChI=1S/C28H21Br2NO4/c1-2-15-35-26(34)16-11-13-17(14-12-16)31-24(32)22-23(25(31)33)28(30)19-8-4-3-7-18(19)27(22,29)20-9-5-6-10-21(20)28/h3-14,22-23H,2,15H2,1H3/t22-,23+,27?,28?. The molecule has 4 aliphatic rings. The first kappa shape index (κ1) is 22.7. The van der Waals surface area contributed by atoms with Crippen molar-refractivity contribution in [1.29, 1.82) is 0 Å². The van der Waals surface area contributed by atoms with Crippen molar-refractivity contribution in [1.82, 2.24) is 0 Å². The first-order valence-electron chi connectivity index (χ1n) is 11.6. The third kappa shape index (κ3) is 2.82. The van der Waals surface area contributed by atoms with Crippen LogP contribution in [0.25, 0.3) is 0 Å². The molecule has 0 saturated carbocycles. The highest BCUT2D eigenvalue weighted by Gasteiger charge is 2.72. The molecule has 0 radical (unpaired) electrons. The van der Waals surface area contributed by atoms with Gasteiger partial charge in [-0.2, -0.15) is 0 Å². The summed E-state index contributed by atoms with van der Waals surface area (Å²) in [5.74, 6) is -2.20. The van der Waals surface area contributed by atoms with Crippen molar-refractivity contribution in [2.75, 3.05) is 11.5 Å². The zero-order valence-corrected chi connectivity index (χ0v) is 22.0. The number of halogens is 2. The van der Waals surface area contributed by atoms with Crippen LogP contribution in [0.4, 0.5) is 5.69 Å². The van der Waals surface area contributed by atoms with E-state index in [4.69, 9.17) is 4.74 Å². The summed E-state index contributed by atoms with van der Waals surface area (Å²) in [4.78, 5) is 41.6. The van der Waals surface area contributed by atoms with Crippen LogP contribution in [0.15, 0.2) is 72.8 Å². The van der Waals surface area contributed by atoms with Crippen molar-refractivity contribution in [2.45, 2.75) is 22.0 Å². The van der Waals surface area contributed by atoms with Gasteiger partial charge < -0.3 is 4.74 Å². The molecule has 2 atom stereocenters. The number of amides is 2. The molecule has 0 unspecified atom stereocenters. The maximum Gasteiger partial charge on any atom is 0.338 e. The van der Waals surface area contributed by atoms with Gasteiger partial charge in [0.1, 0.15) is 0 Å². The Kier molecular flexibility index (Phi) is 5.10. The fourth-order valence-electron chi connectivity index (χ4n) is 5.95. The number of carbonyl (C=O) groups excluding carboxylic acids is 3. The SMILES string of the molecule is CCCOC(=O)c1ccc(N2C(=O)[C@@H]3[C@H](C2=O)C2(Br)c4ccccc4C3(Br)c3ccccc32)cc1. The number of nitrogens with zero attached hydrogens (tertiary/aromatic N) is 1. The molecule has 7 heteroatoms. The van der Waals surface area contributed by atoms with E-state index in [-0.39, 0.29) is 11.8 Å². The maximum absolute atomic E-state index is 14.0. The lowest BCUT2D eigenvalue weighted by Gasteiger charge is -2.55. The second-order valence-corrected chi connectivity index (χ2v) is 11.7. The van der Waals surface area contributed by atoms with Gasteiger partial charge in [-0.15, -0.1) is 0 Å². The van der Waals surface area contributed by atoms with Crippen LogP contribution in [-0.4, -0.2) is 24.4 Å². The van der Waals surface area contributed by atoms with Crippen LogP contribution in [0.5, 0.6) is 0 Å². The highest BCUT2D eigenvalue weighted by molar-refractivity contribution is 9.10. The molecular weight excluding hydrogens is 574 g/mol. The van der Waals surface area contributed by atoms with Crippen LogP contribution in [0.3, 0.4) is 0 Å². The summed E-state index contributed by atoms with van der Waals surface area (Å²) in [7, 11) is 0. The Morgan fingerprint density at radius 3 is 1.63 bits per heavy atom. The van der Waals surface area contributed by atoms with E-state index in [0.717, 1.165) is 28.7 Å². The lowest BCUT2D eigenvalue weighted by molar-refractivity contribution is -0.122. The van der Waals surface area contributed by atoms with E-state index in [1.54, 1.807) is 24.3 Å². The van der Waals surface area contributed by atoms with E-state index >= 15 is 0 Å². The maximum atomic E-state index is 14.0. The van der Waals surface area contributed by atoms with Gasteiger partial charge in [0, 0.05) is 0 Å². The van der Waals surface area contributed by atoms with Crippen molar-refractivity contribution >= 4 is 55.3 Å². The van der Waals surface area contributed by atoms with Crippen molar-refractivity contribution in [3.8, 4) is 0 Å². The smallest absolute Gasteiger partial charge is 0.338 e. The van der Waals surface area contributed by atoms with Crippen molar-refractivity contribution < 1.29 is 19.1 Å². The molecule has 1 aliphatic heterocycles. The number of hydrogen-bond donors (Lipinski definition) is 0. The third-order valence-corrected chi connectivity index (χ3v) is 10.1. The van der Waals surface area contributed by atoms with Gasteiger partial charge in [0.2, 0.25) is 11.8 Å². The van der Waals surface area contributed by atoms with Crippen molar-refractivity contribution in [3.63, 3.8) is 0 Å². The number of hydrogen-bond acceptors (Lipinski definition) is 4. The minimum Gasteiger partial charge on any atom is -0.462 e. The predicted molar refractivity (Wildman–Crippen MR) is 139 cm³/mol. The van der Waals surface area contributed by atoms with Gasteiger partial charge >= 0.3 is 5.97 Å². The van der Waals surface area contributed by atoms with E-state index in [1.165, 1.54) is 4.90 Å². The summed E-state index contributed by atoms with van der Waals surface area (Å²) in [5, 5.41) is 0. The van der Waals surface area contributed by atoms with Crippen molar-refractivity contribution in [2.24, 2.45) is 11.8 Å². The largest absolute Gasteiger partial charge is 0.462 e. The molecule has 35 heavy (non-hydrogen) atoms. The highest BCUT2D eigenvalue weighted by Crippen LogP contribution is 2.70. The minimum absolute atomic E-state index is 0.258. The van der Waals surface area contributed by atoms with Crippen LogP contribution < -0.4 is 4.90 Å². The van der Waals surface area contributed by atoms with Crippen LogP contribution >= 0.6 is 31.9 Å². The lowest BCUT2D eigenvalue weighted by Crippen LogP contribution is -2.56. The van der Waals surface area contributed by atoms with Crippen LogP contribution in [-0.2, 0) is 23.0 Å².